The summed E-state index contributed by atoms with van der Waals surface area (Å²) < 4.78 is 5.05. The van der Waals surface area contributed by atoms with Crippen molar-refractivity contribution in [3.63, 3.8) is 0 Å². The van der Waals surface area contributed by atoms with Crippen LogP contribution in [0, 0.1) is 6.92 Å². The van der Waals surface area contributed by atoms with Crippen LogP contribution in [-0.2, 0) is 16.1 Å². The van der Waals surface area contributed by atoms with Crippen molar-refractivity contribution < 1.29 is 19.4 Å². The number of carboxylic acids is 1. The molecule has 1 unspecified atom stereocenters. The number of aromatic nitrogens is 2. The second kappa shape index (κ2) is 5.70. The topological polar surface area (TPSA) is 108 Å². The largest absolute Gasteiger partial charge is 0.479 e. The van der Waals surface area contributed by atoms with E-state index in [9.17, 15) is 9.59 Å². The minimum absolute atomic E-state index is 0.0610. The number of hydrogen-bond donors (Lipinski definition) is 3. The molecule has 19 heavy (non-hydrogen) atoms. The number of urea groups is 1. The molecule has 8 heteroatoms. The molecule has 1 saturated heterocycles. The Morgan fingerprint density at radius 1 is 1.68 bits per heavy atom. The van der Waals surface area contributed by atoms with Crippen molar-refractivity contribution in [3.05, 3.63) is 17.5 Å². The molecule has 0 radical (unpaired) electrons. The molecule has 0 bridgehead atoms. The first-order chi connectivity index (χ1) is 9.08. The van der Waals surface area contributed by atoms with Gasteiger partial charge in [0.2, 0.25) is 0 Å². The highest BCUT2D eigenvalue weighted by Crippen LogP contribution is 2.07. The molecule has 0 saturated carbocycles. The molecule has 1 atom stereocenters. The van der Waals surface area contributed by atoms with Crippen LogP contribution in [0.2, 0.25) is 0 Å². The molecule has 2 rings (SSSR count). The third kappa shape index (κ3) is 3.22. The van der Waals surface area contributed by atoms with Crippen molar-refractivity contribution in [2.24, 2.45) is 0 Å². The van der Waals surface area contributed by atoms with Crippen LogP contribution in [0.15, 0.2) is 6.20 Å². The smallest absolute Gasteiger partial charge is 0.334 e. The van der Waals surface area contributed by atoms with E-state index in [1.54, 1.807) is 6.20 Å². The Balaban J connectivity index is 1.86. The molecular weight excluding hydrogens is 252 g/mol. The Morgan fingerprint density at radius 2 is 2.47 bits per heavy atom. The lowest BCUT2D eigenvalue weighted by Gasteiger charge is -2.30. The Bertz CT molecular complexity index is 473. The first-order valence-electron chi connectivity index (χ1n) is 5.94. The summed E-state index contributed by atoms with van der Waals surface area (Å²) in [5.41, 5.74) is 1.79. The van der Waals surface area contributed by atoms with Crippen molar-refractivity contribution >= 4 is 12.0 Å². The number of amides is 2. The molecule has 1 fully saturated rings. The maximum absolute atomic E-state index is 11.9. The van der Waals surface area contributed by atoms with Crippen LogP contribution < -0.4 is 5.32 Å². The van der Waals surface area contributed by atoms with Crippen molar-refractivity contribution in [1.82, 2.24) is 20.4 Å². The van der Waals surface area contributed by atoms with Crippen LogP contribution >= 0.6 is 0 Å². The number of carbonyl (C=O) groups is 2. The lowest BCUT2D eigenvalue weighted by molar-refractivity contribution is -0.154. The van der Waals surface area contributed by atoms with Crippen molar-refractivity contribution in [1.29, 1.82) is 0 Å². The van der Waals surface area contributed by atoms with E-state index in [-0.39, 0.29) is 19.2 Å². The first-order valence-corrected chi connectivity index (χ1v) is 5.94. The summed E-state index contributed by atoms with van der Waals surface area (Å²) in [5.74, 6) is -1.05. The van der Waals surface area contributed by atoms with E-state index in [1.807, 2.05) is 6.92 Å². The van der Waals surface area contributed by atoms with E-state index in [0.29, 0.717) is 13.1 Å². The zero-order valence-corrected chi connectivity index (χ0v) is 10.5. The summed E-state index contributed by atoms with van der Waals surface area (Å²) in [6.45, 7) is 2.90. The third-order valence-electron chi connectivity index (χ3n) is 2.99. The van der Waals surface area contributed by atoms with Gasteiger partial charge in [-0.2, -0.15) is 5.10 Å². The second-order valence-electron chi connectivity index (χ2n) is 4.32. The fourth-order valence-electron chi connectivity index (χ4n) is 1.82. The number of aromatic amines is 1. The van der Waals surface area contributed by atoms with Gasteiger partial charge in [0.05, 0.1) is 19.3 Å². The van der Waals surface area contributed by atoms with Gasteiger partial charge in [0, 0.05) is 24.3 Å². The molecule has 2 heterocycles. The highest BCUT2D eigenvalue weighted by atomic mass is 16.5. The number of nitrogens with zero attached hydrogens (tertiary/aromatic N) is 2. The van der Waals surface area contributed by atoms with Gasteiger partial charge in [0.1, 0.15) is 0 Å². The Hall–Kier alpha value is -2.09. The minimum Gasteiger partial charge on any atom is -0.479 e. The monoisotopic (exact) mass is 268 g/mol. The van der Waals surface area contributed by atoms with Crippen LogP contribution in [0.4, 0.5) is 4.79 Å². The van der Waals surface area contributed by atoms with Gasteiger partial charge >= 0.3 is 12.0 Å². The van der Waals surface area contributed by atoms with Gasteiger partial charge in [0.15, 0.2) is 6.10 Å². The molecule has 0 aromatic carbocycles. The molecule has 0 spiro atoms. The van der Waals surface area contributed by atoms with Crippen LogP contribution in [0.5, 0.6) is 0 Å². The van der Waals surface area contributed by atoms with E-state index in [0.717, 1.165) is 11.3 Å². The van der Waals surface area contributed by atoms with Gasteiger partial charge in [-0.3, -0.25) is 5.10 Å². The molecule has 104 valence electrons. The number of aliphatic carboxylic acids is 1. The normalized spacial score (nSPS) is 19.2. The summed E-state index contributed by atoms with van der Waals surface area (Å²) in [7, 11) is 0. The quantitative estimate of drug-likeness (QED) is 0.698. The maximum atomic E-state index is 11.9. The van der Waals surface area contributed by atoms with Crippen molar-refractivity contribution in [2.45, 2.75) is 19.6 Å². The van der Waals surface area contributed by atoms with E-state index in [2.05, 4.69) is 15.5 Å². The third-order valence-corrected chi connectivity index (χ3v) is 2.99. The van der Waals surface area contributed by atoms with Crippen LogP contribution in [0.25, 0.3) is 0 Å². The summed E-state index contributed by atoms with van der Waals surface area (Å²) in [4.78, 5) is 24.2. The van der Waals surface area contributed by atoms with Crippen molar-refractivity contribution in [2.75, 3.05) is 19.7 Å². The Labute approximate surface area is 109 Å². The summed E-state index contributed by atoms with van der Waals surface area (Å²) in [5, 5.41) is 18.2. The summed E-state index contributed by atoms with van der Waals surface area (Å²) >= 11 is 0. The van der Waals surface area contributed by atoms with Crippen LogP contribution in [-0.4, -0.2) is 58.0 Å². The molecule has 0 aliphatic carbocycles. The lowest BCUT2D eigenvalue weighted by Crippen LogP contribution is -2.51. The number of ether oxygens (including phenoxy) is 1. The number of aryl methyl sites for hydroxylation is 1. The molecule has 3 N–H and O–H groups in total. The second-order valence-corrected chi connectivity index (χ2v) is 4.32. The van der Waals surface area contributed by atoms with Gasteiger partial charge in [-0.05, 0) is 6.92 Å². The van der Waals surface area contributed by atoms with Gasteiger partial charge < -0.3 is 20.1 Å². The van der Waals surface area contributed by atoms with Crippen molar-refractivity contribution in [3.8, 4) is 0 Å². The summed E-state index contributed by atoms with van der Waals surface area (Å²) in [6.07, 6.45) is 0.699. The molecule has 2 amide bonds. The lowest BCUT2D eigenvalue weighted by atomic mass is 10.2. The summed E-state index contributed by atoms with van der Waals surface area (Å²) in [6, 6.07) is -0.296. The Morgan fingerprint density at radius 3 is 3.11 bits per heavy atom. The van der Waals surface area contributed by atoms with E-state index in [1.165, 1.54) is 4.90 Å². The molecular formula is C11H16N4O4. The van der Waals surface area contributed by atoms with Gasteiger partial charge in [-0.15, -0.1) is 0 Å². The Kier molecular flexibility index (Phi) is 4.00. The number of hydrogen-bond acceptors (Lipinski definition) is 4. The highest BCUT2D eigenvalue weighted by Gasteiger charge is 2.28. The number of morpholine rings is 1. The fourth-order valence-corrected chi connectivity index (χ4v) is 1.82. The molecule has 8 nitrogen and oxygen atoms in total. The average molecular weight is 268 g/mol. The highest BCUT2D eigenvalue weighted by molar-refractivity contribution is 5.77. The number of nitrogens with one attached hydrogen (secondary N) is 2. The van der Waals surface area contributed by atoms with Gasteiger partial charge in [-0.25, -0.2) is 9.59 Å². The maximum Gasteiger partial charge on any atom is 0.334 e. The average Bonchev–Trinajstić information content (AvgIpc) is 2.81. The zero-order chi connectivity index (χ0) is 13.8. The number of H-pyrrole nitrogens is 1. The van der Waals surface area contributed by atoms with E-state index in [4.69, 9.17) is 9.84 Å². The van der Waals surface area contributed by atoms with Crippen LogP contribution in [0.3, 0.4) is 0 Å². The molecule has 1 aromatic rings. The number of carbonyl (C=O) groups excluding carboxylic acids is 1. The SMILES string of the molecule is Cc1[nH]ncc1CNC(=O)N1CCOC(C(=O)O)C1. The number of rotatable bonds is 3. The minimum atomic E-state index is -1.05. The van der Waals surface area contributed by atoms with Gasteiger partial charge in [0.25, 0.3) is 0 Å². The molecule has 1 aliphatic heterocycles. The first kappa shape index (κ1) is 13.3. The van der Waals surface area contributed by atoms with E-state index < -0.39 is 12.1 Å². The fraction of sp³-hybridized carbons (Fsp3) is 0.545. The molecule has 1 aromatic heterocycles. The zero-order valence-electron chi connectivity index (χ0n) is 10.5. The van der Waals surface area contributed by atoms with Crippen LogP contribution in [0.1, 0.15) is 11.3 Å². The predicted octanol–water partition coefficient (Wildman–Crippen LogP) is -0.287. The number of carboxylic acid groups (broad SMARTS) is 1. The predicted molar refractivity (Wildman–Crippen MR) is 64.5 cm³/mol. The standard InChI is InChI=1S/C11H16N4O4/c1-7-8(5-13-14-7)4-12-11(18)15-2-3-19-9(6-15)10(16)17/h5,9H,2-4,6H2,1H3,(H,12,18)(H,13,14)(H,16,17). The molecule has 1 aliphatic rings. The van der Waals surface area contributed by atoms with Gasteiger partial charge in [-0.1, -0.05) is 0 Å². The van der Waals surface area contributed by atoms with E-state index >= 15 is 0 Å².